The van der Waals surface area contributed by atoms with Crippen molar-refractivity contribution < 1.29 is 14.6 Å². The summed E-state index contributed by atoms with van der Waals surface area (Å²) in [5.41, 5.74) is 4.54. The molecule has 0 saturated heterocycles. The number of para-hydroxylation sites is 1. The lowest BCUT2D eigenvalue weighted by molar-refractivity contribution is 0.0513. The van der Waals surface area contributed by atoms with Gasteiger partial charge in [-0.1, -0.05) is 75.3 Å². The number of hydrogen-bond donors (Lipinski definition) is 1. The number of aliphatic hydroxyl groups excluding tert-OH is 1. The Morgan fingerprint density at radius 1 is 0.964 bits per heavy atom. The molecule has 0 aliphatic rings. The highest BCUT2D eigenvalue weighted by Crippen LogP contribution is 2.29. The zero-order valence-electron chi connectivity index (χ0n) is 16.6. The van der Waals surface area contributed by atoms with Crippen LogP contribution in [0.4, 0.5) is 0 Å². The Hall–Kier alpha value is -2.19. The average molecular weight is 394 g/mol. The van der Waals surface area contributed by atoms with Gasteiger partial charge in [-0.05, 0) is 41.4 Å². The van der Waals surface area contributed by atoms with Crippen LogP contribution in [-0.4, -0.2) is 19.0 Å². The molecule has 2 atom stereocenters. The minimum Gasteiger partial charge on any atom is -0.467 e. The highest BCUT2D eigenvalue weighted by molar-refractivity contribution is 7.56. The Kier molecular flexibility index (Phi) is 7.22. The van der Waals surface area contributed by atoms with Crippen molar-refractivity contribution in [1.29, 1.82) is 0 Å². The lowest BCUT2D eigenvalue weighted by atomic mass is 10.0. The minimum absolute atomic E-state index is 0.209. The fourth-order valence-electron chi connectivity index (χ4n) is 3.27. The SMILES string of the molecule is COCOc1c(Cc2ccccc2)cccc1Pc1c(C)cccc1C(C)O. The molecule has 146 valence electrons. The molecule has 0 fully saturated rings. The molecule has 3 aromatic carbocycles. The van der Waals surface area contributed by atoms with Crippen LogP contribution in [0.5, 0.6) is 5.75 Å². The lowest BCUT2D eigenvalue weighted by Crippen LogP contribution is -2.17. The van der Waals surface area contributed by atoms with E-state index in [0.29, 0.717) is 8.58 Å². The van der Waals surface area contributed by atoms with E-state index in [0.717, 1.165) is 28.6 Å². The standard InChI is InChI=1S/C24H27O3P/c1-17-9-7-13-21(18(2)25)24(17)28-22-14-8-12-20(23(22)27-16-26-3)15-19-10-5-4-6-11-19/h4-14,18,25,28H,15-16H2,1-3H3. The van der Waals surface area contributed by atoms with Crippen LogP contribution in [0.2, 0.25) is 0 Å². The average Bonchev–Trinajstić information content (AvgIpc) is 2.69. The summed E-state index contributed by atoms with van der Waals surface area (Å²) in [7, 11) is 2.03. The maximum Gasteiger partial charge on any atom is 0.188 e. The van der Waals surface area contributed by atoms with Crippen LogP contribution in [0.3, 0.4) is 0 Å². The Bertz CT molecular complexity index is 907. The molecule has 0 spiro atoms. The van der Waals surface area contributed by atoms with E-state index in [1.165, 1.54) is 16.4 Å². The molecular formula is C24H27O3P. The monoisotopic (exact) mass is 394 g/mol. The third-order valence-electron chi connectivity index (χ3n) is 4.67. The first-order chi connectivity index (χ1) is 13.6. The second-order valence-electron chi connectivity index (χ2n) is 6.85. The van der Waals surface area contributed by atoms with E-state index in [4.69, 9.17) is 9.47 Å². The van der Waals surface area contributed by atoms with Gasteiger partial charge in [-0.25, -0.2) is 0 Å². The fourth-order valence-corrected chi connectivity index (χ4v) is 4.78. The van der Waals surface area contributed by atoms with Gasteiger partial charge in [0.2, 0.25) is 0 Å². The number of aliphatic hydroxyl groups is 1. The summed E-state index contributed by atoms with van der Waals surface area (Å²) in [5.74, 6) is 0.881. The number of benzene rings is 3. The normalized spacial score (nSPS) is 12.4. The summed E-state index contributed by atoms with van der Waals surface area (Å²) in [5, 5.41) is 12.5. The molecule has 0 aliphatic carbocycles. The third kappa shape index (κ3) is 4.99. The van der Waals surface area contributed by atoms with E-state index >= 15 is 0 Å². The molecular weight excluding hydrogens is 367 g/mol. The Labute approximate surface area is 169 Å². The summed E-state index contributed by atoms with van der Waals surface area (Å²) >= 11 is 0. The van der Waals surface area contributed by atoms with Crippen molar-refractivity contribution >= 4 is 19.2 Å². The second kappa shape index (κ2) is 9.84. The van der Waals surface area contributed by atoms with Crippen molar-refractivity contribution in [1.82, 2.24) is 0 Å². The predicted molar refractivity (Wildman–Crippen MR) is 118 cm³/mol. The topological polar surface area (TPSA) is 38.7 Å². The minimum atomic E-state index is -0.502. The van der Waals surface area contributed by atoms with E-state index < -0.39 is 6.10 Å². The van der Waals surface area contributed by atoms with E-state index in [-0.39, 0.29) is 6.79 Å². The summed E-state index contributed by atoms with van der Waals surface area (Å²) < 4.78 is 11.2. The van der Waals surface area contributed by atoms with Gasteiger partial charge >= 0.3 is 0 Å². The highest BCUT2D eigenvalue weighted by atomic mass is 31.1. The number of methoxy groups -OCH3 is 1. The van der Waals surface area contributed by atoms with Crippen LogP contribution in [-0.2, 0) is 11.2 Å². The first kappa shape index (κ1) is 20.5. The molecule has 4 heteroatoms. The summed E-state index contributed by atoms with van der Waals surface area (Å²) in [6.07, 6.45) is 0.299. The van der Waals surface area contributed by atoms with Crippen LogP contribution in [0.1, 0.15) is 35.3 Å². The Balaban J connectivity index is 2.00. The van der Waals surface area contributed by atoms with E-state index in [1.807, 2.05) is 25.1 Å². The molecule has 1 N–H and O–H groups in total. The third-order valence-corrected chi connectivity index (χ3v) is 6.27. The molecule has 3 rings (SSSR count). The zero-order valence-corrected chi connectivity index (χ0v) is 17.6. The van der Waals surface area contributed by atoms with Crippen LogP contribution in [0.15, 0.2) is 66.7 Å². The molecule has 0 aromatic heterocycles. The maximum atomic E-state index is 10.2. The van der Waals surface area contributed by atoms with Crippen LogP contribution < -0.4 is 15.3 Å². The molecule has 0 aliphatic heterocycles. The van der Waals surface area contributed by atoms with Crippen molar-refractivity contribution in [3.05, 3.63) is 89.0 Å². The van der Waals surface area contributed by atoms with Crippen molar-refractivity contribution in [3.63, 3.8) is 0 Å². The summed E-state index contributed by atoms with van der Waals surface area (Å²) in [4.78, 5) is 0. The van der Waals surface area contributed by atoms with Gasteiger partial charge in [0.05, 0.1) is 6.10 Å². The lowest BCUT2D eigenvalue weighted by Gasteiger charge is -2.19. The van der Waals surface area contributed by atoms with Crippen LogP contribution in [0, 0.1) is 6.92 Å². The molecule has 3 aromatic rings. The zero-order chi connectivity index (χ0) is 19.9. The summed E-state index contributed by atoms with van der Waals surface area (Å²) in [6.45, 7) is 4.12. The quantitative estimate of drug-likeness (QED) is 0.459. The van der Waals surface area contributed by atoms with Gasteiger partial charge in [0, 0.05) is 18.8 Å². The second-order valence-corrected chi connectivity index (χ2v) is 8.14. The van der Waals surface area contributed by atoms with Gasteiger partial charge in [0.25, 0.3) is 0 Å². The van der Waals surface area contributed by atoms with Crippen molar-refractivity contribution in [2.45, 2.75) is 26.4 Å². The van der Waals surface area contributed by atoms with Crippen molar-refractivity contribution in [3.8, 4) is 5.75 Å². The Morgan fingerprint density at radius 3 is 2.43 bits per heavy atom. The van der Waals surface area contributed by atoms with E-state index in [2.05, 4.69) is 55.5 Å². The Morgan fingerprint density at radius 2 is 1.71 bits per heavy atom. The molecule has 0 heterocycles. The number of hydrogen-bond acceptors (Lipinski definition) is 3. The van der Waals surface area contributed by atoms with Gasteiger partial charge in [-0.2, -0.15) is 0 Å². The smallest absolute Gasteiger partial charge is 0.188 e. The van der Waals surface area contributed by atoms with E-state index in [9.17, 15) is 5.11 Å². The molecule has 0 amide bonds. The molecule has 28 heavy (non-hydrogen) atoms. The van der Waals surface area contributed by atoms with Crippen LogP contribution >= 0.6 is 8.58 Å². The van der Waals surface area contributed by atoms with Gasteiger partial charge in [-0.15, -0.1) is 0 Å². The summed E-state index contributed by atoms with van der Waals surface area (Å²) in [6, 6.07) is 22.8. The number of aryl methyl sites for hydroxylation is 1. The van der Waals surface area contributed by atoms with Crippen molar-refractivity contribution in [2.75, 3.05) is 13.9 Å². The maximum absolute atomic E-state index is 10.2. The van der Waals surface area contributed by atoms with Crippen LogP contribution in [0.25, 0.3) is 0 Å². The van der Waals surface area contributed by atoms with Gasteiger partial charge in [-0.3, -0.25) is 0 Å². The number of ether oxygens (including phenoxy) is 2. The van der Waals surface area contributed by atoms with Gasteiger partial charge < -0.3 is 14.6 Å². The largest absolute Gasteiger partial charge is 0.467 e. The first-order valence-corrected chi connectivity index (χ1v) is 10.4. The van der Waals surface area contributed by atoms with Gasteiger partial charge in [0.1, 0.15) is 5.75 Å². The molecule has 2 unspecified atom stereocenters. The molecule has 0 bridgehead atoms. The molecule has 3 nitrogen and oxygen atoms in total. The van der Waals surface area contributed by atoms with E-state index in [1.54, 1.807) is 7.11 Å². The fraction of sp³-hybridized carbons (Fsp3) is 0.250. The van der Waals surface area contributed by atoms with Crippen molar-refractivity contribution in [2.24, 2.45) is 0 Å². The van der Waals surface area contributed by atoms with Gasteiger partial charge in [0.15, 0.2) is 6.79 Å². The first-order valence-electron chi connectivity index (χ1n) is 9.42. The predicted octanol–water partition coefficient (Wildman–Crippen LogP) is 4.25. The highest BCUT2D eigenvalue weighted by Gasteiger charge is 2.16. The molecule has 0 saturated carbocycles. The molecule has 0 radical (unpaired) electrons. The number of rotatable bonds is 8.